The highest BCUT2D eigenvalue weighted by molar-refractivity contribution is 5.94. The van der Waals surface area contributed by atoms with E-state index in [1.807, 2.05) is 0 Å². The summed E-state index contributed by atoms with van der Waals surface area (Å²) in [4.78, 5) is 0. The maximum absolute atomic E-state index is 12.0. The molecule has 0 heterocycles. The third kappa shape index (κ3) is 4.76. The molecule has 0 bridgehead atoms. The Hall–Kier alpha value is -1.60. The average molecular weight is 234 g/mol. The molecule has 0 fully saturated rings. The number of hydrazine groups is 1. The summed E-state index contributed by atoms with van der Waals surface area (Å²) in [5, 5.41) is 6.96. The Morgan fingerprint density at radius 1 is 1.25 bits per heavy atom. The van der Waals surface area contributed by atoms with E-state index in [9.17, 15) is 13.2 Å². The van der Waals surface area contributed by atoms with Crippen LogP contribution >= 0.6 is 0 Å². The number of hydrogen-bond donors (Lipinski definition) is 4. The Labute approximate surface area is 90.9 Å². The minimum absolute atomic E-state index is 0.242. The van der Waals surface area contributed by atoms with Gasteiger partial charge < -0.3 is 5.73 Å². The van der Waals surface area contributed by atoms with Gasteiger partial charge in [0.2, 0.25) is 0 Å². The van der Waals surface area contributed by atoms with Crippen LogP contribution in [-0.4, -0.2) is 12.9 Å². The van der Waals surface area contributed by atoms with E-state index in [1.54, 1.807) is 7.05 Å². The molecule has 0 amide bonds. The van der Waals surface area contributed by atoms with Gasteiger partial charge in [-0.15, -0.1) is 0 Å². The van der Waals surface area contributed by atoms with Crippen LogP contribution in [0.2, 0.25) is 0 Å². The molecule has 0 aliphatic rings. The first-order valence-corrected chi connectivity index (χ1v) is 4.22. The molecule has 0 unspecified atom stereocenters. The normalized spacial score (nSPS) is 10.3. The van der Waals surface area contributed by atoms with Crippen molar-refractivity contribution in [2.24, 2.45) is 11.6 Å². The fourth-order valence-corrected chi connectivity index (χ4v) is 0.839. The number of nitrogens with two attached hydrogens (primary N) is 2. The Morgan fingerprint density at radius 3 is 1.88 bits per heavy atom. The van der Waals surface area contributed by atoms with Crippen LogP contribution in [0.15, 0.2) is 24.3 Å². The Kier molecular flexibility index (Phi) is 5.48. The topological polar surface area (TPSA) is 87.9 Å². The first-order chi connectivity index (χ1) is 7.32. The average Bonchev–Trinajstić information content (AvgIpc) is 2.18. The lowest BCUT2D eigenvalue weighted by molar-refractivity contribution is -0.137. The number of alkyl halides is 3. The van der Waals surface area contributed by atoms with Gasteiger partial charge in [0.05, 0.1) is 5.56 Å². The molecule has 16 heavy (non-hydrogen) atoms. The highest BCUT2D eigenvalue weighted by Gasteiger charge is 2.29. The van der Waals surface area contributed by atoms with Crippen LogP contribution in [0, 0.1) is 5.41 Å². The molecule has 0 aliphatic heterocycles. The van der Waals surface area contributed by atoms with Gasteiger partial charge in [0.25, 0.3) is 0 Å². The second-order valence-electron chi connectivity index (χ2n) is 2.78. The van der Waals surface area contributed by atoms with Crippen molar-refractivity contribution in [1.82, 2.24) is 5.43 Å². The molecule has 90 valence electrons. The summed E-state index contributed by atoms with van der Waals surface area (Å²) >= 11 is 0. The van der Waals surface area contributed by atoms with Gasteiger partial charge in [-0.1, -0.05) is 12.1 Å². The SMILES string of the molecule is CNN.N=C(N)c1ccc(C(F)(F)F)cc1. The van der Waals surface area contributed by atoms with Crippen molar-refractivity contribution in [3.63, 3.8) is 0 Å². The zero-order valence-corrected chi connectivity index (χ0v) is 8.60. The van der Waals surface area contributed by atoms with Gasteiger partial charge in [-0.25, -0.2) is 0 Å². The van der Waals surface area contributed by atoms with E-state index in [2.05, 4.69) is 11.3 Å². The molecule has 0 saturated carbocycles. The van der Waals surface area contributed by atoms with E-state index in [0.717, 1.165) is 12.1 Å². The zero-order valence-electron chi connectivity index (χ0n) is 8.60. The largest absolute Gasteiger partial charge is 0.416 e. The number of halogens is 3. The molecule has 1 aromatic carbocycles. The third-order valence-electron chi connectivity index (χ3n) is 1.52. The van der Waals surface area contributed by atoms with Crippen LogP contribution in [0.3, 0.4) is 0 Å². The molecule has 0 spiro atoms. The lowest BCUT2D eigenvalue weighted by atomic mass is 10.1. The standard InChI is InChI=1S/C8H7F3N2.CH6N2/c9-8(10,11)6-3-1-5(2-4-6)7(12)13;1-3-2/h1-4H,(H3,12,13);3H,2H2,1H3. The van der Waals surface area contributed by atoms with Gasteiger partial charge in [-0.2, -0.15) is 13.2 Å². The molecule has 1 rings (SSSR count). The Balaban J connectivity index is 0.000000673. The summed E-state index contributed by atoms with van der Waals surface area (Å²) in [5.41, 5.74) is 6.87. The molecular weight excluding hydrogens is 221 g/mol. The van der Waals surface area contributed by atoms with E-state index in [0.29, 0.717) is 0 Å². The van der Waals surface area contributed by atoms with Crippen LogP contribution in [0.1, 0.15) is 11.1 Å². The van der Waals surface area contributed by atoms with Crippen LogP contribution in [-0.2, 0) is 6.18 Å². The zero-order chi connectivity index (χ0) is 12.8. The molecule has 0 aliphatic carbocycles. The lowest BCUT2D eigenvalue weighted by Gasteiger charge is -2.06. The minimum atomic E-state index is -4.34. The first-order valence-electron chi connectivity index (χ1n) is 4.22. The summed E-state index contributed by atoms with van der Waals surface area (Å²) in [6, 6.07) is 4.14. The van der Waals surface area contributed by atoms with Crippen molar-refractivity contribution in [3.05, 3.63) is 35.4 Å². The minimum Gasteiger partial charge on any atom is -0.384 e. The number of hydrogen-bond acceptors (Lipinski definition) is 3. The van der Waals surface area contributed by atoms with Crippen molar-refractivity contribution < 1.29 is 13.2 Å². The lowest BCUT2D eigenvalue weighted by Crippen LogP contribution is -2.13. The number of rotatable bonds is 1. The van der Waals surface area contributed by atoms with Gasteiger partial charge >= 0.3 is 6.18 Å². The highest BCUT2D eigenvalue weighted by atomic mass is 19.4. The summed E-state index contributed by atoms with van der Waals surface area (Å²) < 4.78 is 36.1. The van der Waals surface area contributed by atoms with E-state index in [1.165, 1.54) is 12.1 Å². The molecule has 0 saturated heterocycles. The van der Waals surface area contributed by atoms with Gasteiger partial charge in [-0.05, 0) is 19.2 Å². The molecule has 7 heteroatoms. The highest BCUT2D eigenvalue weighted by Crippen LogP contribution is 2.28. The number of nitrogen functional groups attached to an aromatic ring is 1. The summed E-state index contributed by atoms with van der Waals surface area (Å²) in [7, 11) is 1.65. The Morgan fingerprint density at radius 2 is 1.62 bits per heavy atom. The van der Waals surface area contributed by atoms with Crippen molar-refractivity contribution in [2.75, 3.05) is 7.05 Å². The van der Waals surface area contributed by atoms with Crippen LogP contribution < -0.4 is 17.0 Å². The maximum atomic E-state index is 12.0. The molecular formula is C9H13F3N4. The first kappa shape index (κ1) is 14.4. The number of benzene rings is 1. The van der Waals surface area contributed by atoms with Crippen LogP contribution in [0.4, 0.5) is 13.2 Å². The van der Waals surface area contributed by atoms with E-state index >= 15 is 0 Å². The predicted molar refractivity (Wildman–Crippen MR) is 55.7 cm³/mol. The molecule has 4 nitrogen and oxygen atoms in total. The maximum Gasteiger partial charge on any atom is 0.416 e. The fraction of sp³-hybridized carbons (Fsp3) is 0.222. The van der Waals surface area contributed by atoms with Crippen molar-refractivity contribution in [1.29, 1.82) is 5.41 Å². The second kappa shape index (κ2) is 6.09. The van der Waals surface area contributed by atoms with Crippen molar-refractivity contribution in [2.45, 2.75) is 6.18 Å². The molecule has 0 aromatic heterocycles. The molecule has 1 aromatic rings. The van der Waals surface area contributed by atoms with E-state index in [-0.39, 0.29) is 11.4 Å². The summed E-state index contributed by atoms with van der Waals surface area (Å²) in [5.74, 6) is 4.36. The third-order valence-corrected chi connectivity index (χ3v) is 1.52. The van der Waals surface area contributed by atoms with Crippen molar-refractivity contribution in [3.8, 4) is 0 Å². The fourth-order valence-electron chi connectivity index (χ4n) is 0.839. The molecule has 0 atom stereocenters. The van der Waals surface area contributed by atoms with E-state index < -0.39 is 11.7 Å². The second-order valence-corrected chi connectivity index (χ2v) is 2.78. The van der Waals surface area contributed by atoms with Gasteiger partial charge in [0.15, 0.2) is 0 Å². The van der Waals surface area contributed by atoms with Crippen molar-refractivity contribution >= 4 is 5.84 Å². The quantitative estimate of drug-likeness (QED) is 0.253. The van der Waals surface area contributed by atoms with Crippen LogP contribution in [0.5, 0.6) is 0 Å². The summed E-state index contributed by atoms with van der Waals surface area (Å²) in [6.07, 6.45) is -4.34. The smallest absolute Gasteiger partial charge is 0.384 e. The summed E-state index contributed by atoms with van der Waals surface area (Å²) in [6.45, 7) is 0. The Bertz CT molecular complexity index is 332. The predicted octanol–water partition coefficient (Wildman–Crippen LogP) is 1.07. The van der Waals surface area contributed by atoms with Crippen LogP contribution in [0.25, 0.3) is 0 Å². The molecule has 6 N–H and O–H groups in total. The monoisotopic (exact) mass is 234 g/mol. The molecule has 0 radical (unpaired) electrons. The van der Waals surface area contributed by atoms with Gasteiger partial charge in [0, 0.05) is 5.56 Å². The number of amidine groups is 1. The van der Waals surface area contributed by atoms with E-state index in [4.69, 9.17) is 11.1 Å². The van der Waals surface area contributed by atoms with Gasteiger partial charge in [-0.3, -0.25) is 16.7 Å². The van der Waals surface area contributed by atoms with Gasteiger partial charge in [0.1, 0.15) is 5.84 Å². The number of nitrogens with one attached hydrogen (secondary N) is 2.